The van der Waals surface area contributed by atoms with E-state index in [4.69, 9.17) is 5.11 Å². The van der Waals surface area contributed by atoms with Crippen molar-refractivity contribution >= 4 is 15.8 Å². The first kappa shape index (κ1) is 12.4. The largest absolute Gasteiger partial charge is 0.480 e. The van der Waals surface area contributed by atoms with Gasteiger partial charge in [-0.3, -0.25) is 9.69 Å². The first-order valence-corrected chi connectivity index (χ1v) is 6.51. The van der Waals surface area contributed by atoms with Gasteiger partial charge in [0, 0.05) is 13.1 Å². The molecule has 0 aromatic carbocycles. The van der Waals surface area contributed by atoms with Crippen LogP contribution in [-0.2, 0) is 14.6 Å². The van der Waals surface area contributed by atoms with Crippen molar-refractivity contribution in [2.45, 2.75) is 19.1 Å². The van der Waals surface area contributed by atoms with E-state index in [0.29, 0.717) is 0 Å². The van der Waals surface area contributed by atoms with Gasteiger partial charge in [-0.2, -0.15) is 0 Å². The van der Waals surface area contributed by atoms with Crippen LogP contribution in [0.1, 0.15) is 6.92 Å². The molecule has 0 radical (unpaired) electrons. The first-order valence-electron chi connectivity index (χ1n) is 4.69. The summed E-state index contributed by atoms with van der Waals surface area (Å²) in [6, 6.07) is -1.01. The van der Waals surface area contributed by atoms with E-state index in [1.165, 1.54) is 11.8 Å². The van der Waals surface area contributed by atoms with E-state index >= 15 is 0 Å². The number of aliphatic hydroxyl groups excluding tert-OH is 1. The van der Waals surface area contributed by atoms with Gasteiger partial charge in [-0.05, 0) is 6.92 Å². The van der Waals surface area contributed by atoms with Crippen LogP contribution in [0.4, 0.5) is 0 Å². The lowest BCUT2D eigenvalue weighted by atomic mass is 10.1. The first-order chi connectivity index (χ1) is 6.83. The molecule has 1 rings (SSSR count). The Morgan fingerprint density at radius 3 is 2.13 bits per heavy atom. The second kappa shape index (κ2) is 4.46. The van der Waals surface area contributed by atoms with Crippen LogP contribution in [0, 0.1) is 0 Å². The molecule has 1 aliphatic rings. The quantitative estimate of drug-likeness (QED) is 0.623. The molecule has 2 atom stereocenters. The zero-order valence-corrected chi connectivity index (χ0v) is 9.27. The van der Waals surface area contributed by atoms with E-state index in [0.717, 1.165) is 0 Å². The lowest BCUT2D eigenvalue weighted by Gasteiger charge is -2.33. The van der Waals surface area contributed by atoms with Crippen LogP contribution in [-0.4, -0.2) is 66.2 Å². The van der Waals surface area contributed by atoms with Crippen molar-refractivity contribution in [2.24, 2.45) is 0 Å². The third-order valence-electron chi connectivity index (χ3n) is 2.48. The zero-order valence-electron chi connectivity index (χ0n) is 8.46. The maximum absolute atomic E-state index is 11.1. The molecule has 7 heteroatoms. The summed E-state index contributed by atoms with van der Waals surface area (Å²) >= 11 is 0. The monoisotopic (exact) mass is 237 g/mol. The number of aliphatic carboxylic acids is 1. The van der Waals surface area contributed by atoms with Crippen molar-refractivity contribution < 1.29 is 23.4 Å². The minimum atomic E-state index is -3.02. The van der Waals surface area contributed by atoms with Crippen molar-refractivity contribution in [1.82, 2.24) is 4.90 Å². The smallest absolute Gasteiger partial charge is 0.323 e. The summed E-state index contributed by atoms with van der Waals surface area (Å²) in [5.74, 6) is -1.20. The third kappa shape index (κ3) is 3.15. The number of sulfone groups is 1. The van der Waals surface area contributed by atoms with Gasteiger partial charge in [-0.1, -0.05) is 0 Å². The summed E-state index contributed by atoms with van der Waals surface area (Å²) in [5.41, 5.74) is 0. The Labute approximate surface area is 88.4 Å². The highest BCUT2D eigenvalue weighted by Gasteiger charge is 2.34. The Bertz CT molecular complexity index is 323. The minimum absolute atomic E-state index is 0.0382. The number of hydrogen-bond acceptors (Lipinski definition) is 5. The molecule has 1 saturated heterocycles. The van der Waals surface area contributed by atoms with E-state index in [-0.39, 0.29) is 24.6 Å². The summed E-state index contributed by atoms with van der Waals surface area (Å²) in [6.45, 7) is 1.73. The predicted octanol–water partition coefficient (Wildman–Crippen LogP) is -1.45. The molecule has 0 spiro atoms. The van der Waals surface area contributed by atoms with Crippen LogP contribution >= 0.6 is 0 Å². The molecule has 0 bridgehead atoms. The Morgan fingerprint density at radius 2 is 1.80 bits per heavy atom. The van der Waals surface area contributed by atoms with Crippen molar-refractivity contribution in [1.29, 1.82) is 0 Å². The topological polar surface area (TPSA) is 94.9 Å². The van der Waals surface area contributed by atoms with Gasteiger partial charge in [-0.25, -0.2) is 8.42 Å². The standard InChI is InChI=1S/C8H15NO5S/c1-6(10)7(8(11)12)9-2-4-15(13,14)5-3-9/h6-7,10H,2-5H2,1H3,(H,11,12)/t6-,7+/m1/s1. The predicted molar refractivity (Wildman–Crippen MR) is 53.3 cm³/mol. The Kier molecular flexibility index (Phi) is 3.69. The molecule has 1 aliphatic heterocycles. The lowest BCUT2D eigenvalue weighted by Crippen LogP contribution is -2.53. The van der Waals surface area contributed by atoms with Crippen molar-refractivity contribution in [3.8, 4) is 0 Å². The van der Waals surface area contributed by atoms with Gasteiger partial charge >= 0.3 is 5.97 Å². The molecular weight excluding hydrogens is 222 g/mol. The highest BCUT2D eigenvalue weighted by atomic mass is 32.2. The third-order valence-corrected chi connectivity index (χ3v) is 4.09. The molecule has 0 aromatic heterocycles. The number of carbonyl (C=O) groups is 1. The molecule has 0 aromatic rings. The zero-order chi connectivity index (χ0) is 11.6. The second-order valence-corrected chi connectivity index (χ2v) is 6.02. The fraction of sp³-hybridized carbons (Fsp3) is 0.875. The van der Waals surface area contributed by atoms with E-state index < -0.39 is 28.0 Å². The molecule has 15 heavy (non-hydrogen) atoms. The average Bonchev–Trinajstić information content (AvgIpc) is 2.07. The molecule has 88 valence electrons. The van der Waals surface area contributed by atoms with Gasteiger partial charge in [0.15, 0.2) is 9.84 Å². The number of carboxylic acid groups (broad SMARTS) is 1. The number of aliphatic hydroxyl groups is 1. The highest BCUT2D eigenvalue weighted by molar-refractivity contribution is 7.91. The van der Waals surface area contributed by atoms with E-state index in [1.807, 2.05) is 0 Å². The van der Waals surface area contributed by atoms with Gasteiger partial charge < -0.3 is 10.2 Å². The van der Waals surface area contributed by atoms with Crippen LogP contribution in [0.25, 0.3) is 0 Å². The van der Waals surface area contributed by atoms with Crippen LogP contribution in [0.15, 0.2) is 0 Å². The summed E-state index contributed by atoms with van der Waals surface area (Å²) < 4.78 is 22.2. The molecule has 2 N–H and O–H groups in total. The lowest BCUT2D eigenvalue weighted by molar-refractivity contribution is -0.147. The Hall–Kier alpha value is -0.660. The van der Waals surface area contributed by atoms with E-state index in [2.05, 4.69) is 0 Å². The Morgan fingerprint density at radius 1 is 1.33 bits per heavy atom. The second-order valence-electron chi connectivity index (χ2n) is 3.71. The van der Waals surface area contributed by atoms with Gasteiger partial charge in [0.2, 0.25) is 0 Å². The van der Waals surface area contributed by atoms with Crippen LogP contribution in [0.2, 0.25) is 0 Å². The fourth-order valence-corrected chi connectivity index (χ4v) is 2.90. The fourth-order valence-electron chi connectivity index (χ4n) is 1.67. The summed E-state index contributed by atoms with van der Waals surface area (Å²) in [7, 11) is -3.02. The van der Waals surface area contributed by atoms with E-state index in [1.54, 1.807) is 0 Å². The number of rotatable bonds is 3. The number of nitrogens with zero attached hydrogens (tertiary/aromatic N) is 1. The van der Waals surface area contributed by atoms with Gasteiger partial charge in [0.25, 0.3) is 0 Å². The maximum atomic E-state index is 11.1. The number of carboxylic acids is 1. The number of hydrogen-bond donors (Lipinski definition) is 2. The molecular formula is C8H15NO5S. The minimum Gasteiger partial charge on any atom is -0.480 e. The summed E-state index contributed by atoms with van der Waals surface area (Å²) in [4.78, 5) is 12.3. The average molecular weight is 237 g/mol. The van der Waals surface area contributed by atoms with Gasteiger partial charge in [-0.15, -0.1) is 0 Å². The van der Waals surface area contributed by atoms with E-state index in [9.17, 15) is 18.3 Å². The van der Waals surface area contributed by atoms with Crippen molar-refractivity contribution in [3.63, 3.8) is 0 Å². The van der Waals surface area contributed by atoms with Crippen molar-refractivity contribution in [2.75, 3.05) is 24.6 Å². The highest BCUT2D eigenvalue weighted by Crippen LogP contribution is 2.11. The van der Waals surface area contributed by atoms with Crippen LogP contribution in [0.3, 0.4) is 0 Å². The molecule has 6 nitrogen and oxygen atoms in total. The molecule has 0 saturated carbocycles. The van der Waals surface area contributed by atoms with Crippen LogP contribution < -0.4 is 0 Å². The summed E-state index contributed by atoms with van der Waals surface area (Å²) in [6.07, 6.45) is -1.01. The van der Waals surface area contributed by atoms with Crippen molar-refractivity contribution in [3.05, 3.63) is 0 Å². The van der Waals surface area contributed by atoms with Gasteiger partial charge in [0.05, 0.1) is 17.6 Å². The molecule has 0 aliphatic carbocycles. The SMILES string of the molecule is C[C@@H](O)[C@@H](C(=O)O)N1CCS(=O)(=O)CC1. The maximum Gasteiger partial charge on any atom is 0.323 e. The normalized spacial score (nSPS) is 25.7. The summed E-state index contributed by atoms with van der Waals surface area (Å²) in [5, 5.41) is 18.2. The molecule has 0 unspecified atom stereocenters. The van der Waals surface area contributed by atoms with Crippen LogP contribution in [0.5, 0.6) is 0 Å². The molecule has 1 fully saturated rings. The Balaban J connectivity index is 2.69. The molecule has 1 heterocycles. The molecule has 0 amide bonds. The van der Waals surface area contributed by atoms with Gasteiger partial charge in [0.1, 0.15) is 6.04 Å².